The Balaban J connectivity index is 2.36. The number of H-pyrrole nitrogens is 1. The van der Waals surface area contributed by atoms with Gasteiger partial charge in [-0.15, -0.1) is 11.3 Å². The second kappa shape index (κ2) is 3.64. The molecule has 0 aliphatic rings. The Morgan fingerprint density at radius 3 is 2.60 bits per heavy atom. The Kier molecular flexibility index (Phi) is 2.59. The monoisotopic (exact) mass is 296 g/mol. The molecule has 0 radical (unpaired) electrons. The smallest absolute Gasteiger partial charge is 0.334 e. The third kappa shape index (κ3) is 2.23. The average Bonchev–Trinajstić information content (AvgIpc) is 2.69. The number of nitrogens with one attached hydrogen (secondary N) is 1. The van der Waals surface area contributed by atoms with Crippen molar-refractivity contribution in [2.24, 2.45) is 0 Å². The van der Waals surface area contributed by atoms with E-state index in [-0.39, 0.29) is 0 Å². The first-order valence-corrected chi connectivity index (χ1v) is 5.50. The first-order chi connectivity index (χ1) is 6.97. The molecule has 0 bridgehead atoms. The number of nitrogens with zero attached hydrogens (tertiary/aromatic N) is 1. The van der Waals surface area contributed by atoms with Gasteiger partial charge in [0.1, 0.15) is 0 Å². The Bertz CT molecular complexity index is 474. The standard InChI is InChI=1S/C8H4BrF3N2S/c9-4-1-6(15-3-4)5-2-13-7(14-5)8(10,11)12/h1-3H,(H,13,14). The van der Waals surface area contributed by atoms with E-state index in [1.54, 1.807) is 11.4 Å². The van der Waals surface area contributed by atoms with Crippen molar-refractivity contribution in [1.29, 1.82) is 0 Å². The number of imidazole rings is 1. The van der Waals surface area contributed by atoms with Crippen LogP contribution in [0.25, 0.3) is 10.6 Å². The highest BCUT2D eigenvalue weighted by Gasteiger charge is 2.34. The van der Waals surface area contributed by atoms with Crippen LogP contribution in [0.2, 0.25) is 0 Å². The van der Waals surface area contributed by atoms with Crippen molar-refractivity contribution < 1.29 is 13.2 Å². The number of hydrogen-bond acceptors (Lipinski definition) is 2. The Morgan fingerprint density at radius 2 is 2.13 bits per heavy atom. The van der Waals surface area contributed by atoms with Gasteiger partial charge in [-0.3, -0.25) is 0 Å². The minimum Gasteiger partial charge on any atom is -0.334 e. The lowest BCUT2D eigenvalue weighted by atomic mass is 10.4. The van der Waals surface area contributed by atoms with E-state index in [4.69, 9.17) is 0 Å². The molecule has 2 aromatic heterocycles. The van der Waals surface area contributed by atoms with Crippen molar-refractivity contribution in [2.75, 3.05) is 0 Å². The molecule has 0 fully saturated rings. The second-order valence-electron chi connectivity index (χ2n) is 2.77. The number of hydrogen-bond donors (Lipinski definition) is 1. The lowest BCUT2D eigenvalue weighted by Crippen LogP contribution is -2.06. The maximum Gasteiger partial charge on any atom is 0.449 e. The molecular formula is C8H4BrF3N2S. The molecule has 0 aliphatic carbocycles. The highest BCUT2D eigenvalue weighted by Crippen LogP contribution is 2.32. The van der Waals surface area contributed by atoms with Gasteiger partial charge in [0, 0.05) is 9.85 Å². The molecule has 2 rings (SSSR count). The summed E-state index contributed by atoms with van der Waals surface area (Å²) in [4.78, 5) is 6.23. The summed E-state index contributed by atoms with van der Waals surface area (Å²) in [7, 11) is 0. The van der Waals surface area contributed by atoms with Crippen LogP contribution in [0, 0.1) is 0 Å². The number of aromatic nitrogens is 2. The maximum absolute atomic E-state index is 12.2. The van der Waals surface area contributed by atoms with E-state index < -0.39 is 12.0 Å². The summed E-state index contributed by atoms with van der Waals surface area (Å²) >= 11 is 4.57. The van der Waals surface area contributed by atoms with Gasteiger partial charge in [-0.2, -0.15) is 13.2 Å². The fourth-order valence-electron chi connectivity index (χ4n) is 1.04. The fourth-order valence-corrected chi connectivity index (χ4v) is 2.44. The average molecular weight is 297 g/mol. The van der Waals surface area contributed by atoms with Crippen LogP contribution >= 0.6 is 27.3 Å². The zero-order valence-corrected chi connectivity index (χ0v) is 9.50. The molecule has 2 aromatic rings. The number of rotatable bonds is 1. The summed E-state index contributed by atoms with van der Waals surface area (Å²) in [6, 6.07) is 1.73. The molecule has 0 aromatic carbocycles. The van der Waals surface area contributed by atoms with Crippen LogP contribution in [0.15, 0.2) is 22.1 Å². The second-order valence-corrected chi connectivity index (χ2v) is 4.60. The van der Waals surface area contributed by atoms with Crippen LogP contribution in [-0.4, -0.2) is 9.97 Å². The molecule has 0 unspecified atom stereocenters. The molecule has 7 heteroatoms. The van der Waals surface area contributed by atoms with Gasteiger partial charge in [0.15, 0.2) is 0 Å². The van der Waals surface area contributed by atoms with Crippen LogP contribution in [0.4, 0.5) is 13.2 Å². The van der Waals surface area contributed by atoms with Gasteiger partial charge in [-0.25, -0.2) is 4.98 Å². The quantitative estimate of drug-likeness (QED) is 0.849. The van der Waals surface area contributed by atoms with Gasteiger partial charge in [0.25, 0.3) is 0 Å². The van der Waals surface area contributed by atoms with E-state index in [9.17, 15) is 13.2 Å². The molecule has 0 saturated heterocycles. The number of aromatic amines is 1. The highest BCUT2D eigenvalue weighted by atomic mass is 79.9. The summed E-state index contributed by atoms with van der Waals surface area (Å²) in [6.45, 7) is 0. The van der Waals surface area contributed by atoms with Crippen LogP contribution < -0.4 is 0 Å². The first kappa shape index (κ1) is 10.7. The summed E-state index contributed by atoms with van der Waals surface area (Å²) in [5.74, 6) is -0.970. The van der Waals surface area contributed by atoms with Gasteiger partial charge in [-0.1, -0.05) is 0 Å². The van der Waals surface area contributed by atoms with Gasteiger partial charge in [-0.05, 0) is 22.0 Å². The maximum atomic E-state index is 12.2. The molecule has 2 heterocycles. The summed E-state index contributed by atoms with van der Waals surface area (Å²) in [6.07, 6.45) is -3.24. The van der Waals surface area contributed by atoms with E-state index in [0.717, 1.165) is 4.47 Å². The van der Waals surface area contributed by atoms with Gasteiger partial charge >= 0.3 is 6.18 Å². The molecule has 1 N–H and O–H groups in total. The van der Waals surface area contributed by atoms with Crippen LogP contribution in [0.3, 0.4) is 0 Å². The van der Waals surface area contributed by atoms with E-state index in [2.05, 4.69) is 25.9 Å². The first-order valence-electron chi connectivity index (χ1n) is 3.83. The zero-order chi connectivity index (χ0) is 11.1. The topological polar surface area (TPSA) is 28.7 Å². The lowest BCUT2D eigenvalue weighted by molar-refractivity contribution is -0.144. The predicted molar refractivity (Wildman–Crippen MR) is 54.6 cm³/mol. The Morgan fingerprint density at radius 1 is 1.40 bits per heavy atom. The van der Waals surface area contributed by atoms with Gasteiger partial charge < -0.3 is 4.98 Å². The number of alkyl halides is 3. The van der Waals surface area contributed by atoms with E-state index >= 15 is 0 Å². The van der Waals surface area contributed by atoms with Crippen LogP contribution in [-0.2, 0) is 6.18 Å². The van der Waals surface area contributed by atoms with Crippen LogP contribution in [0.1, 0.15) is 5.82 Å². The molecule has 0 saturated carbocycles. The number of halogens is 4. The minimum absolute atomic E-state index is 0.373. The molecule has 15 heavy (non-hydrogen) atoms. The summed E-state index contributed by atoms with van der Waals surface area (Å²) in [5.41, 5.74) is 0.373. The lowest BCUT2D eigenvalue weighted by Gasteiger charge is -1.99. The van der Waals surface area contributed by atoms with Gasteiger partial charge in [0.05, 0.1) is 16.8 Å². The molecule has 0 aliphatic heterocycles. The molecule has 0 spiro atoms. The molecule has 80 valence electrons. The molecule has 0 amide bonds. The van der Waals surface area contributed by atoms with Crippen molar-refractivity contribution in [3.05, 3.63) is 27.9 Å². The zero-order valence-electron chi connectivity index (χ0n) is 7.10. The summed E-state index contributed by atoms with van der Waals surface area (Å²) in [5, 5.41) is 1.80. The van der Waals surface area contributed by atoms with Crippen molar-refractivity contribution >= 4 is 27.3 Å². The normalized spacial score (nSPS) is 12.0. The largest absolute Gasteiger partial charge is 0.449 e. The Hall–Kier alpha value is -0.820. The third-order valence-corrected chi connectivity index (χ3v) is 3.40. The van der Waals surface area contributed by atoms with E-state index in [0.29, 0.717) is 10.6 Å². The van der Waals surface area contributed by atoms with Crippen molar-refractivity contribution in [3.8, 4) is 10.6 Å². The van der Waals surface area contributed by atoms with Gasteiger partial charge in [0.2, 0.25) is 5.82 Å². The highest BCUT2D eigenvalue weighted by molar-refractivity contribution is 9.10. The van der Waals surface area contributed by atoms with E-state index in [1.165, 1.54) is 17.5 Å². The van der Waals surface area contributed by atoms with Crippen molar-refractivity contribution in [3.63, 3.8) is 0 Å². The third-order valence-electron chi connectivity index (χ3n) is 1.68. The molecular weight excluding hydrogens is 293 g/mol. The van der Waals surface area contributed by atoms with Crippen molar-refractivity contribution in [2.45, 2.75) is 6.18 Å². The molecule has 0 atom stereocenters. The van der Waals surface area contributed by atoms with E-state index in [1.807, 2.05) is 0 Å². The van der Waals surface area contributed by atoms with Crippen molar-refractivity contribution in [1.82, 2.24) is 9.97 Å². The molecule has 2 nitrogen and oxygen atoms in total. The predicted octanol–water partition coefficient (Wildman–Crippen LogP) is 3.92. The SMILES string of the molecule is FC(F)(F)c1ncc(-c2cc(Br)cs2)[nH]1. The fraction of sp³-hybridized carbons (Fsp3) is 0.125. The Labute approximate surface area is 95.3 Å². The van der Waals surface area contributed by atoms with Crippen LogP contribution in [0.5, 0.6) is 0 Å². The summed E-state index contributed by atoms with van der Waals surface area (Å²) < 4.78 is 37.5. The number of thiophene rings is 1. The minimum atomic E-state index is -4.42.